The molecule has 82 valence electrons. The fourth-order valence-electron chi connectivity index (χ4n) is 1.15. The molecule has 0 saturated carbocycles. The lowest BCUT2D eigenvalue weighted by atomic mass is 10.2. The molecule has 0 saturated heterocycles. The standard InChI is InChI=1S/C14H16OP/c1-11(2)5-8-13(4)16(15)14-9-6-12(3)7-10-14/h5-10H,1,4H2,2-3H3/q+1/b8-5-. The lowest BCUT2D eigenvalue weighted by Crippen LogP contribution is -1.95. The van der Waals surface area contributed by atoms with E-state index >= 15 is 0 Å². The van der Waals surface area contributed by atoms with Crippen LogP contribution in [0.25, 0.3) is 0 Å². The predicted molar refractivity (Wildman–Crippen MR) is 71.5 cm³/mol. The van der Waals surface area contributed by atoms with Gasteiger partial charge in [-0.3, -0.25) is 0 Å². The molecule has 0 spiro atoms. The van der Waals surface area contributed by atoms with Gasteiger partial charge in [-0.05, 0) is 38.6 Å². The first kappa shape index (κ1) is 12.6. The summed E-state index contributed by atoms with van der Waals surface area (Å²) in [6.07, 6.45) is 3.59. The predicted octanol–water partition coefficient (Wildman–Crippen LogP) is 4.09. The summed E-state index contributed by atoms with van der Waals surface area (Å²) >= 11 is 0. The van der Waals surface area contributed by atoms with Crippen LogP contribution in [0.15, 0.2) is 60.5 Å². The highest BCUT2D eigenvalue weighted by molar-refractivity contribution is 7.58. The average molecular weight is 231 g/mol. The second-order valence-corrected chi connectivity index (χ2v) is 5.48. The number of benzene rings is 1. The third-order valence-corrected chi connectivity index (χ3v) is 3.53. The van der Waals surface area contributed by atoms with Gasteiger partial charge in [0, 0.05) is 0 Å². The molecule has 0 aliphatic carbocycles. The Morgan fingerprint density at radius 1 is 1.19 bits per heavy atom. The minimum absolute atomic E-state index is 0.627. The van der Waals surface area contributed by atoms with Crippen LogP contribution in [-0.4, -0.2) is 0 Å². The van der Waals surface area contributed by atoms with Gasteiger partial charge in [0.25, 0.3) is 0 Å². The van der Waals surface area contributed by atoms with E-state index in [1.807, 2.05) is 44.2 Å². The Labute approximate surface area is 98.0 Å². The highest BCUT2D eigenvalue weighted by atomic mass is 31.1. The first-order chi connectivity index (χ1) is 7.50. The quantitative estimate of drug-likeness (QED) is 0.563. The fourth-order valence-corrected chi connectivity index (χ4v) is 2.11. The molecule has 2 heteroatoms. The maximum absolute atomic E-state index is 12.0. The van der Waals surface area contributed by atoms with E-state index in [9.17, 15) is 4.57 Å². The molecule has 0 aliphatic heterocycles. The fraction of sp³-hybridized carbons (Fsp3) is 0.143. The Balaban J connectivity index is 2.82. The molecule has 1 atom stereocenters. The lowest BCUT2D eigenvalue weighted by Gasteiger charge is -1.90. The maximum atomic E-state index is 12.0. The van der Waals surface area contributed by atoms with Gasteiger partial charge >= 0.3 is 7.80 Å². The molecule has 0 aromatic heterocycles. The normalized spacial score (nSPS) is 11.5. The molecule has 1 unspecified atom stereocenters. The van der Waals surface area contributed by atoms with E-state index in [0.717, 1.165) is 16.4 Å². The van der Waals surface area contributed by atoms with Crippen molar-refractivity contribution in [2.24, 2.45) is 0 Å². The van der Waals surface area contributed by atoms with Crippen molar-refractivity contribution in [2.75, 3.05) is 0 Å². The minimum atomic E-state index is -1.55. The van der Waals surface area contributed by atoms with Crippen LogP contribution < -0.4 is 5.30 Å². The molecule has 0 N–H and O–H groups in total. The maximum Gasteiger partial charge on any atom is 0.414 e. The van der Waals surface area contributed by atoms with Crippen LogP contribution in [0.2, 0.25) is 0 Å². The zero-order chi connectivity index (χ0) is 12.1. The molecular weight excluding hydrogens is 215 g/mol. The smallest absolute Gasteiger partial charge is 0.0961 e. The van der Waals surface area contributed by atoms with E-state index in [1.54, 1.807) is 6.08 Å². The molecule has 1 aromatic carbocycles. The number of aryl methyl sites for hydroxylation is 1. The largest absolute Gasteiger partial charge is 0.414 e. The summed E-state index contributed by atoms with van der Waals surface area (Å²) in [6, 6.07) is 7.68. The van der Waals surface area contributed by atoms with Crippen molar-refractivity contribution in [1.82, 2.24) is 0 Å². The molecule has 16 heavy (non-hydrogen) atoms. The lowest BCUT2D eigenvalue weighted by molar-refractivity contribution is 0.597. The summed E-state index contributed by atoms with van der Waals surface area (Å²) in [4.78, 5) is 0. The van der Waals surface area contributed by atoms with E-state index in [4.69, 9.17) is 0 Å². The van der Waals surface area contributed by atoms with Crippen molar-refractivity contribution in [3.63, 3.8) is 0 Å². The van der Waals surface area contributed by atoms with Crippen molar-refractivity contribution in [3.8, 4) is 0 Å². The minimum Gasteiger partial charge on any atom is -0.0961 e. The zero-order valence-corrected chi connectivity index (χ0v) is 10.6. The average Bonchev–Trinajstić information content (AvgIpc) is 2.26. The van der Waals surface area contributed by atoms with Crippen LogP contribution in [0.1, 0.15) is 12.5 Å². The summed E-state index contributed by atoms with van der Waals surface area (Å²) in [5, 5.41) is 1.44. The molecule has 1 aromatic rings. The van der Waals surface area contributed by atoms with Crippen LogP contribution in [0.3, 0.4) is 0 Å². The first-order valence-electron chi connectivity index (χ1n) is 5.07. The SMILES string of the molecule is C=C(C)/C=C\C(=C)[P+](=O)c1ccc(C)cc1. The van der Waals surface area contributed by atoms with Crippen LogP contribution in [-0.2, 0) is 4.57 Å². The highest BCUT2D eigenvalue weighted by Crippen LogP contribution is 2.30. The Morgan fingerprint density at radius 2 is 1.75 bits per heavy atom. The van der Waals surface area contributed by atoms with E-state index in [2.05, 4.69) is 13.2 Å². The molecule has 0 bridgehead atoms. The molecule has 1 rings (SSSR count). The Kier molecular flexibility index (Phi) is 4.39. The second kappa shape index (κ2) is 5.58. The molecule has 0 aliphatic rings. The van der Waals surface area contributed by atoms with Gasteiger partial charge < -0.3 is 0 Å². The van der Waals surface area contributed by atoms with E-state index in [0.29, 0.717) is 5.31 Å². The topological polar surface area (TPSA) is 17.1 Å². The molecule has 1 nitrogen and oxygen atoms in total. The Morgan fingerprint density at radius 3 is 2.25 bits per heavy atom. The number of hydrogen-bond donors (Lipinski definition) is 0. The summed E-state index contributed by atoms with van der Waals surface area (Å²) in [5.74, 6) is 0. The van der Waals surface area contributed by atoms with Crippen LogP contribution in [0.5, 0.6) is 0 Å². The van der Waals surface area contributed by atoms with Crippen molar-refractivity contribution < 1.29 is 4.57 Å². The number of hydrogen-bond acceptors (Lipinski definition) is 1. The third-order valence-electron chi connectivity index (χ3n) is 2.09. The molecular formula is C14H16OP+. The molecule has 0 fully saturated rings. The summed E-state index contributed by atoms with van der Waals surface area (Å²) in [5.41, 5.74) is 2.09. The van der Waals surface area contributed by atoms with Gasteiger partial charge in [0.15, 0.2) is 10.6 Å². The Bertz CT molecular complexity index is 452. The molecule has 0 radical (unpaired) electrons. The van der Waals surface area contributed by atoms with Gasteiger partial charge in [-0.1, -0.05) is 40.5 Å². The van der Waals surface area contributed by atoms with Gasteiger partial charge in [-0.25, -0.2) is 0 Å². The van der Waals surface area contributed by atoms with Crippen molar-refractivity contribution in [2.45, 2.75) is 13.8 Å². The van der Waals surface area contributed by atoms with Crippen molar-refractivity contribution in [1.29, 1.82) is 0 Å². The first-order valence-corrected chi connectivity index (χ1v) is 6.33. The summed E-state index contributed by atoms with van der Waals surface area (Å²) in [7, 11) is -1.55. The van der Waals surface area contributed by atoms with Crippen LogP contribution >= 0.6 is 7.80 Å². The van der Waals surface area contributed by atoms with Gasteiger partial charge in [-0.2, -0.15) is 0 Å². The zero-order valence-electron chi connectivity index (χ0n) is 9.73. The number of allylic oxidation sites excluding steroid dienone is 4. The second-order valence-electron chi connectivity index (χ2n) is 3.80. The molecule has 0 amide bonds. The van der Waals surface area contributed by atoms with Gasteiger partial charge in [-0.15, -0.1) is 0 Å². The van der Waals surface area contributed by atoms with Crippen molar-refractivity contribution >= 4 is 13.1 Å². The summed E-state index contributed by atoms with van der Waals surface area (Å²) in [6.45, 7) is 11.5. The van der Waals surface area contributed by atoms with Gasteiger partial charge in [0.1, 0.15) is 0 Å². The van der Waals surface area contributed by atoms with E-state index in [1.165, 1.54) is 0 Å². The van der Waals surface area contributed by atoms with E-state index < -0.39 is 7.80 Å². The number of rotatable bonds is 4. The van der Waals surface area contributed by atoms with Crippen LogP contribution in [0, 0.1) is 6.92 Å². The van der Waals surface area contributed by atoms with Gasteiger partial charge in [0.2, 0.25) is 0 Å². The Hall–Kier alpha value is -1.46. The highest BCUT2D eigenvalue weighted by Gasteiger charge is 2.22. The summed E-state index contributed by atoms with van der Waals surface area (Å²) < 4.78 is 12.0. The monoisotopic (exact) mass is 231 g/mol. The van der Waals surface area contributed by atoms with Gasteiger partial charge in [0.05, 0.1) is 0 Å². The third kappa shape index (κ3) is 3.60. The van der Waals surface area contributed by atoms with Crippen LogP contribution in [0.4, 0.5) is 0 Å². The van der Waals surface area contributed by atoms with Crippen molar-refractivity contribution in [3.05, 3.63) is 66.0 Å². The van der Waals surface area contributed by atoms with E-state index in [-0.39, 0.29) is 0 Å². The molecule has 0 heterocycles.